The van der Waals surface area contributed by atoms with E-state index in [1.807, 2.05) is 29.2 Å². The molecule has 1 spiro atoms. The molecule has 0 atom stereocenters. The number of nitrogens with one attached hydrogen (secondary N) is 1. The first-order chi connectivity index (χ1) is 16.0. The Hall–Kier alpha value is -2.76. The van der Waals surface area contributed by atoms with E-state index in [1.54, 1.807) is 0 Å². The van der Waals surface area contributed by atoms with Crippen LogP contribution in [0.15, 0.2) is 65.6 Å². The van der Waals surface area contributed by atoms with Crippen LogP contribution in [0.2, 0.25) is 0 Å². The fourth-order valence-electron chi connectivity index (χ4n) is 5.49. The highest BCUT2D eigenvalue weighted by atomic mass is 32.1. The molecule has 5 heteroatoms. The lowest BCUT2D eigenvalue weighted by Gasteiger charge is -2.25. The van der Waals surface area contributed by atoms with E-state index >= 15 is 0 Å². The molecule has 1 aliphatic carbocycles. The molecule has 1 saturated carbocycles. The standard InChI is InChI=1S/C28H31N3OS/c1-19-4-5-21(16-29)14-24(19)22-8-11-26-25(15-22)28(12-2-3-13-28)18-31(26)27(32)30-17-20-6-9-23(33)10-7-20/h4-11,14-15,33H,2-3,12-13,16-18,29H2,1H3,(H,30,32). The van der Waals surface area contributed by atoms with Gasteiger partial charge < -0.3 is 11.1 Å². The van der Waals surface area contributed by atoms with Crippen molar-refractivity contribution in [2.45, 2.75) is 56.0 Å². The molecule has 1 heterocycles. The van der Waals surface area contributed by atoms with Crippen LogP contribution in [0.4, 0.5) is 10.5 Å². The highest BCUT2D eigenvalue weighted by Gasteiger charge is 2.46. The van der Waals surface area contributed by atoms with Crippen LogP contribution in [0.3, 0.4) is 0 Å². The first kappa shape index (κ1) is 22.1. The van der Waals surface area contributed by atoms with E-state index in [0.717, 1.165) is 41.1 Å². The minimum atomic E-state index is -0.0240. The quantitative estimate of drug-likeness (QED) is 0.424. The van der Waals surface area contributed by atoms with Gasteiger partial charge in [0.15, 0.2) is 0 Å². The van der Waals surface area contributed by atoms with Crippen LogP contribution < -0.4 is 16.0 Å². The number of nitrogens with two attached hydrogens (primary N) is 1. The monoisotopic (exact) mass is 457 g/mol. The van der Waals surface area contributed by atoms with E-state index in [9.17, 15) is 4.79 Å². The van der Waals surface area contributed by atoms with Gasteiger partial charge in [-0.3, -0.25) is 4.90 Å². The summed E-state index contributed by atoms with van der Waals surface area (Å²) >= 11 is 4.34. The van der Waals surface area contributed by atoms with Crippen molar-refractivity contribution >= 4 is 24.3 Å². The van der Waals surface area contributed by atoms with Crippen LogP contribution >= 0.6 is 12.6 Å². The summed E-state index contributed by atoms with van der Waals surface area (Å²) in [6.45, 7) is 3.95. The molecule has 0 unspecified atom stereocenters. The number of carbonyl (C=O) groups is 1. The average molecular weight is 458 g/mol. The Balaban J connectivity index is 1.46. The summed E-state index contributed by atoms with van der Waals surface area (Å²) in [5.74, 6) is 0. The van der Waals surface area contributed by atoms with Gasteiger partial charge >= 0.3 is 6.03 Å². The van der Waals surface area contributed by atoms with Crippen molar-refractivity contribution in [1.29, 1.82) is 0 Å². The van der Waals surface area contributed by atoms with Crippen LogP contribution in [-0.2, 0) is 18.5 Å². The Bertz CT molecular complexity index is 1180. The van der Waals surface area contributed by atoms with Crippen LogP contribution in [0.25, 0.3) is 11.1 Å². The maximum absolute atomic E-state index is 13.3. The Morgan fingerprint density at radius 2 is 1.76 bits per heavy atom. The Morgan fingerprint density at radius 3 is 2.48 bits per heavy atom. The Labute approximate surface area is 201 Å². The van der Waals surface area contributed by atoms with Crippen molar-refractivity contribution in [3.63, 3.8) is 0 Å². The lowest BCUT2D eigenvalue weighted by Crippen LogP contribution is -2.41. The zero-order valence-corrected chi connectivity index (χ0v) is 20.0. The van der Waals surface area contributed by atoms with E-state index < -0.39 is 0 Å². The normalized spacial score (nSPS) is 16.3. The van der Waals surface area contributed by atoms with Crippen LogP contribution in [0.1, 0.15) is 47.9 Å². The molecule has 3 aromatic rings. The van der Waals surface area contributed by atoms with Gasteiger partial charge in [-0.15, -0.1) is 12.6 Å². The molecule has 33 heavy (non-hydrogen) atoms. The van der Waals surface area contributed by atoms with Gasteiger partial charge in [-0.1, -0.05) is 43.2 Å². The van der Waals surface area contributed by atoms with E-state index in [4.69, 9.17) is 5.73 Å². The number of aryl methyl sites for hydroxylation is 1. The number of thiol groups is 1. The molecule has 3 aromatic carbocycles. The van der Waals surface area contributed by atoms with Crippen LogP contribution in [0.5, 0.6) is 0 Å². The highest BCUT2D eigenvalue weighted by Crippen LogP contribution is 2.51. The van der Waals surface area contributed by atoms with Gasteiger partial charge in [0, 0.05) is 35.6 Å². The van der Waals surface area contributed by atoms with Gasteiger partial charge in [-0.25, -0.2) is 4.79 Å². The average Bonchev–Trinajstić information content (AvgIpc) is 3.44. The maximum Gasteiger partial charge on any atom is 0.322 e. The third-order valence-electron chi connectivity index (χ3n) is 7.35. The van der Waals surface area contributed by atoms with Crippen molar-refractivity contribution in [3.05, 3.63) is 82.9 Å². The van der Waals surface area contributed by atoms with Gasteiger partial charge in [-0.05, 0) is 83.5 Å². The predicted octanol–water partition coefficient (Wildman–Crippen LogP) is 5.95. The number of benzene rings is 3. The molecule has 170 valence electrons. The lowest BCUT2D eigenvalue weighted by atomic mass is 9.79. The molecule has 0 bridgehead atoms. The minimum Gasteiger partial charge on any atom is -0.334 e. The summed E-state index contributed by atoms with van der Waals surface area (Å²) in [4.78, 5) is 16.1. The molecule has 2 aliphatic rings. The molecule has 0 aromatic heterocycles. The van der Waals surface area contributed by atoms with Crippen molar-refractivity contribution in [2.24, 2.45) is 5.73 Å². The number of carbonyl (C=O) groups excluding carboxylic acids is 1. The number of hydrogen-bond acceptors (Lipinski definition) is 3. The van der Waals surface area contributed by atoms with Crippen molar-refractivity contribution < 1.29 is 4.79 Å². The number of rotatable bonds is 4. The summed E-state index contributed by atoms with van der Waals surface area (Å²) in [5, 5.41) is 3.13. The molecule has 0 radical (unpaired) electrons. The molecule has 3 N–H and O–H groups in total. The fraction of sp³-hybridized carbons (Fsp3) is 0.321. The van der Waals surface area contributed by atoms with E-state index in [-0.39, 0.29) is 11.4 Å². The smallest absolute Gasteiger partial charge is 0.322 e. The summed E-state index contributed by atoms with van der Waals surface area (Å²) < 4.78 is 0. The molecule has 0 saturated heterocycles. The molecule has 5 rings (SSSR count). The number of amides is 2. The summed E-state index contributed by atoms with van der Waals surface area (Å²) in [7, 11) is 0. The van der Waals surface area contributed by atoms with E-state index in [1.165, 1.54) is 35.1 Å². The molecule has 1 fully saturated rings. The second-order valence-electron chi connectivity index (χ2n) is 9.48. The Morgan fingerprint density at radius 1 is 1.03 bits per heavy atom. The zero-order chi connectivity index (χ0) is 23.0. The van der Waals surface area contributed by atoms with Gasteiger partial charge in [0.1, 0.15) is 0 Å². The third-order valence-corrected chi connectivity index (χ3v) is 7.65. The molecule has 1 aliphatic heterocycles. The third kappa shape index (κ3) is 4.16. The number of urea groups is 1. The van der Waals surface area contributed by atoms with Gasteiger partial charge in [0.25, 0.3) is 0 Å². The van der Waals surface area contributed by atoms with Crippen molar-refractivity contribution in [2.75, 3.05) is 11.4 Å². The second kappa shape index (κ2) is 8.88. The summed E-state index contributed by atoms with van der Waals surface area (Å²) in [5.41, 5.74) is 14.2. The lowest BCUT2D eigenvalue weighted by molar-refractivity contribution is 0.245. The first-order valence-corrected chi connectivity index (χ1v) is 12.2. The van der Waals surface area contributed by atoms with Gasteiger partial charge in [-0.2, -0.15) is 0 Å². The van der Waals surface area contributed by atoms with Gasteiger partial charge in [0.05, 0.1) is 0 Å². The summed E-state index contributed by atoms with van der Waals surface area (Å²) in [6.07, 6.45) is 4.71. The van der Waals surface area contributed by atoms with E-state index in [0.29, 0.717) is 13.1 Å². The predicted molar refractivity (Wildman–Crippen MR) is 138 cm³/mol. The molecular weight excluding hydrogens is 426 g/mol. The number of hydrogen-bond donors (Lipinski definition) is 3. The van der Waals surface area contributed by atoms with Crippen LogP contribution in [-0.4, -0.2) is 12.6 Å². The highest BCUT2D eigenvalue weighted by molar-refractivity contribution is 7.80. The van der Waals surface area contributed by atoms with Crippen molar-refractivity contribution in [3.8, 4) is 11.1 Å². The van der Waals surface area contributed by atoms with Crippen LogP contribution in [0, 0.1) is 6.92 Å². The topological polar surface area (TPSA) is 58.4 Å². The first-order valence-electron chi connectivity index (χ1n) is 11.8. The number of fused-ring (bicyclic) bond motifs is 2. The van der Waals surface area contributed by atoms with E-state index in [2.05, 4.69) is 61.3 Å². The largest absolute Gasteiger partial charge is 0.334 e. The maximum atomic E-state index is 13.3. The SMILES string of the molecule is Cc1ccc(CN)cc1-c1ccc2c(c1)C1(CCCC1)CN2C(=O)NCc1ccc(S)cc1. The number of anilines is 1. The number of nitrogens with zero attached hydrogens (tertiary/aromatic N) is 1. The minimum absolute atomic E-state index is 0.0240. The summed E-state index contributed by atoms with van der Waals surface area (Å²) in [6, 6.07) is 21.0. The molecule has 4 nitrogen and oxygen atoms in total. The second-order valence-corrected chi connectivity index (χ2v) is 10.0. The zero-order valence-electron chi connectivity index (χ0n) is 19.1. The molecule has 2 amide bonds. The van der Waals surface area contributed by atoms with Crippen molar-refractivity contribution in [1.82, 2.24) is 5.32 Å². The molecular formula is C28H31N3OS. The van der Waals surface area contributed by atoms with Gasteiger partial charge in [0.2, 0.25) is 0 Å². The fourth-order valence-corrected chi connectivity index (χ4v) is 5.64. The Kier molecular flexibility index (Phi) is 5.94.